The molecule has 34 heavy (non-hydrogen) atoms. The maximum atomic E-state index is 13.3. The molecule has 0 aliphatic rings. The van der Waals surface area contributed by atoms with Crippen LogP contribution >= 0.6 is 45.2 Å². The van der Waals surface area contributed by atoms with Crippen molar-refractivity contribution in [3.05, 3.63) is 89.8 Å². The van der Waals surface area contributed by atoms with E-state index in [1.807, 2.05) is 54.6 Å². The summed E-state index contributed by atoms with van der Waals surface area (Å²) in [6, 6.07) is 20.4. The van der Waals surface area contributed by atoms with E-state index in [1.54, 1.807) is 25.3 Å². The van der Waals surface area contributed by atoms with Gasteiger partial charge < -0.3 is 9.47 Å². The average molecular weight is 679 g/mol. The normalized spacial score (nSPS) is 11.1. The number of rotatable bonds is 7. The van der Waals surface area contributed by atoms with Crippen LogP contribution in [0.2, 0.25) is 0 Å². The largest absolute Gasteiger partial charge is 0.480 e. The van der Waals surface area contributed by atoms with E-state index < -0.39 is 5.97 Å². The van der Waals surface area contributed by atoms with Gasteiger partial charge in [0.15, 0.2) is 12.4 Å². The number of hydrogen-bond acceptors (Lipinski definition) is 6. The molecule has 9 heteroatoms. The molecule has 0 saturated heterocycles. The molecule has 1 aromatic heterocycles. The molecule has 172 valence electrons. The predicted octanol–water partition coefficient (Wildman–Crippen LogP) is 5.10. The zero-order chi connectivity index (χ0) is 24.1. The number of carbonyl (C=O) groups excluding carboxylic acids is 1. The number of nitrogens with zero attached hydrogens (tertiary/aromatic N) is 3. The third-order valence-corrected chi connectivity index (χ3v) is 6.37. The molecule has 7 nitrogen and oxygen atoms in total. The summed E-state index contributed by atoms with van der Waals surface area (Å²) in [5.74, 6) is 0.636. The molecule has 0 aliphatic carbocycles. The molecule has 0 saturated carbocycles. The molecule has 4 rings (SSSR count). The number of halogens is 2. The van der Waals surface area contributed by atoms with Crippen LogP contribution in [0, 0.1) is 7.14 Å². The van der Waals surface area contributed by atoms with Crippen LogP contribution in [0.5, 0.6) is 5.75 Å². The fraction of sp³-hybridized carbons (Fsp3) is 0.120. The summed E-state index contributed by atoms with van der Waals surface area (Å²) in [6.45, 7) is 1.89. The Kier molecular flexibility index (Phi) is 7.93. The van der Waals surface area contributed by atoms with Crippen molar-refractivity contribution in [3.8, 4) is 17.1 Å². The van der Waals surface area contributed by atoms with Crippen molar-refractivity contribution >= 4 is 68.3 Å². The number of ether oxygens (including phenoxy) is 2. The lowest BCUT2D eigenvalue weighted by atomic mass is 10.2. The SMILES string of the molecule is CCOC(=O)COc1c(I)cc(C=Nn2c(-c3ccccc3)nc3ccccc3c2=O)cc1I. The van der Waals surface area contributed by atoms with Gasteiger partial charge in [0.25, 0.3) is 5.56 Å². The van der Waals surface area contributed by atoms with Crippen LogP contribution in [0.25, 0.3) is 22.3 Å². The maximum Gasteiger partial charge on any atom is 0.344 e. The van der Waals surface area contributed by atoms with Crippen LogP contribution in [-0.2, 0) is 9.53 Å². The summed E-state index contributed by atoms with van der Waals surface area (Å²) in [7, 11) is 0. The second kappa shape index (κ2) is 11.1. The third-order valence-electron chi connectivity index (χ3n) is 4.77. The monoisotopic (exact) mass is 679 g/mol. The molecule has 4 aromatic rings. The third kappa shape index (κ3) is 5.46. The molecule has 0 fully saturated rings. The fourth-order valence-corrected chi connectivity index (χ4v) is 5.38. The number of esters is 1. The number of fused-ring (bicyclic) bond motifs is 1. The Morgan fingerprint density at radius 2 is 1.74 bits per heavy atom. The van der Waals surface area contributed by atoms with Gasteiger partial charge in [0.05, 0.1) is 30.9 Å². The first-order chi connectivity index (χ1) is 16.5. The Morgan fingerprint density at radius 3 is 2.44 bits per heavy atom. The van der Waals surface area contributed by atoms with Crippen molar-refractivity contribution in [1.82, 2.24) is 9.66 Å². The van der Waals surface area contributed by atoms with Gasteiger partial charge in [-0.1, -0.05) is 42.5 Å². The highest BCUT2D eigenvalue weighted by molar-refractivity contribution is 14.1. The molecular formula is C25H19I2N3O4. The van der Waals surface area contributed by atoms with Gasteiger partial charge in [0.2, 0.25) is 0 Å². The minimum absolute atomic E-state index is 0.161. The minimum atomic E-state index is -0.420. The van der Waals surface area contributed by atoms with E-state index >= 15 is 0 Å². The van der Waals surface area contributed by atoms with Crippen molar-refractivity contribution in [2.24, 2.45) is 5.10 Å². The van der Waals surface area contributed by atoms with Gasteiger partial charge in [-0.05, 0) is 81.9 Å². The second-order valence-corrected chi connectivity index (χ2v) is 9.41. The summed E-state index contributed by atoms with van der Waals surface area (Å²) in [5, 5.41) is 5.00. The van der Waals surface area contributed by atoms with Gasteiger partial charge in [0.1, 0.15) is 5.75 Å². The first-order valence-electron chi connectivity index (χ1n) is 10.4. The van der Waals surface area contributed by atoms with Crippen LogP contribution in [0.1, 0.15) is 12.5 Å². The molecule has 0 N–H and O–H groups in total. The molecule has 0 bridgehead atoms. The summed E-state index contributed by atoms with van der Waals surface area (Å²) in [6.07, 6.45) is 1.61. The Hall–Kier alpha value is -2.80. The van der Waals surface area contributed by atoms with Gasteiger partial charge in [0, 0.05) is 5.56 Å². The lowest BCUT2D eigenvalue weighted by Gasteiger charge is -2.11. The van der Waals surface area contributed by atoms with Crippen molar-refractivity contribution in [1.29, 1.82) is 0 Å². The number of aromatic nitrogens is 2. The van der Waals surface area contributed by atoms with E-state index in [1.165, 1.54) is 4.68 Å². The van der Waals surface area contributed by atoms with Crippen LogP contribution in [0.3, 0.4) is 0 Å². The number of hydrogen-bond donors (Lipinski definition) is 0. The summed E-state index contributed by atoms with van der Waals surface area (Å²) < 4.78 is 13.5. The number of benzene rings is 3. The first-order valence-corrected chi connectivity index (χ1v) is 12.5. The lowest BCUT2D eigenvalue weighted by molar-refractivity contribution is -0.145. The number of para-hydroxylation sites is 1. The Labute approximate surface area is 223 Å². The van der Waals surface area contributed by atoms with E-state index in [9.17, 15) is 9.59 Å². The van der Waals surface area contributed by atoms with Crippen molar-refractivity contribution in [3.63, 3.8) is 0 Å². The van der Waals surface area contributed by atoms with Gasteiger partial charge in [-0.15, -0.1) is 0 Å². The molecule has 1 heterocycles. The quantitative estimate of drug-likeness (QED) is 0.154. The molecule has 0 radical (unpaired) electrons. The lowest BCUT2D eigenvalue weighted by Crippen LogP contribution is -2.20. The van der Waals surface area contributed by atoms with E-state index in [2.05, 4.69) is 50.3 Å². The van der Waals surface area contributed by atoms with Crippen molar-refractivity contribution in [2.75, 3.05) is 13.2 Å². The molecule has 0 unspecified atom stereocenters. The van der Waals surface area contributed by atoms with Crippen LogP contribution in [0.15, 0.2) is 76.6 Å². The fourth-order valence-electron chi connectivity index (χ4n) is 3.25. The summed E-state index contributed by atoms with van der Waals surface area (Å²) in [5.41, 5.74) is 1.93. The van der Waals surface area contributed by atoms with Gasteiger partial charge in [-0.3, -0.25) is 4.79 Å². The highest BCUT2D eigenvalue weighted by Crippen LogP contribution is 2.28. The van der Waals surface area contributed by atoms with E-state index in [0.717, 1.165) is 18.3 Å². The summed E-state index contributed by atoms with van der Waals surface area (Å²) >= 11 is 4.29. The predicted molar refractivity (Wildman–Crippen MR) is 148 cm³/mol. The molecule has 3 aromatic carbocycles. The summed E-state index contributed by atoms with van der Waals surface area (Å²) in [4.78, 5) is 29.6. The zero-order valence-corrected chi connectivity index (χ0v) is 22.4. The molecule has 0 spiro atoms. The molecular weight excluding hydrogens is 660 g/mol. The van der Waals surface area contributed by atoms with Gasteiger partial charge in [-0.2, -0.15) is 9.78 Å². The molecule has 0 atom stereocenters. The molecule has 0 aliphatic heterocycles. The Bertz CT molecular complexity index is 1410. The van der Waals surface area contributed by atoms with E-state index in [-0.39, 0.29) is 12.2 Å². The highest BCUT2D eigenvalue weighted by Gasteiger charge is 2.14. The molecule has 0 amide bonds. The average Bonchev–Trinajstić information content (AvgIpc) is 2.83. The highest BCUT2D eigenvalue weighted by atomic mass is 127. The van der Waals surface area contributed by atoms with Crippen LogP contribution in [0.4, 0.5) is 0 Å². The second-order valence-electron chi connectivity index (χ2n) is 7.09. The van der Waals surface area contributed by atoms with Gasteiger partial charge in [-0.25, -0.2) is 9.78 Å². The van der Waals surface area contributed by atoms with E-state index in [0.29, 0.717) is 29.1 Å². The number of carbonyl (C=O) groups is 1. The Morgan fingerprint density at radius 1 is 1.06 bits per heavy atom. The first kappa shape index (κ1) is 24.3. The smallest absolute Gasteiger partial charge is 0.344 e. The van der Waals surface area contributed by atoms with Crippen LogP contribution < -0.4 is 10.3 Å². The standard InChI is InChI=1S/C25H19I2N3O4/c1-2-33-22(31)15-34-23-19(26)12-16(13-20(23)27)14-28-30-24(17-8-4-3-5-9-17)29-21-11-7-6-10-18(21)25(30)32/h3-14H,2,15H2,1H3. The van der Waals surface area contributed by atoms with Crippen LogP contribution in [-0.4, -0.2) is 35.1 Å². The van der Waals surface area contributed by atoms with E-state index in [4.69, 9.17) is 14.5 Å². The topological polar surface area (TPSA) is 82.8 Å². The minimum Gasteiger partial charge on any atom is -0.480 e. The van der Waals surface area contributed by atoms with Gasteiger partial charge >= 0.3 is 5.97 Å². The maximum absolute atomic E-state index is 13.3. The Balaban J connectivity index is 1.72. The van der Waals surface area contributed by atoms with Crippen molar-refractivity contribution < 1.29 is 14.3 Å². The van der Waals surface area contributed by atoms with Crippen molar-refractivity contribution in [2.45, 2.75) is 6.92 Å². The zero-order valence-electron chi connectivity index (χ0n) is 18.1.